The summed E-state index contributed by atoms with van der Waals surface area (Å²) in [5.41, 5.74) is 4.99. The highest BCUT2D eigenvalue weighted by molar-refractivity contribution is 6.30. The number of rotatable bonds is 8. The number of anilines is 3. The SMILES string of the molecule is Clc1ccc(COc2ccc(C=NNc3nc(N4CCCCC4)nc(N4CCOCC4)n3)cc2)cc1. The van der Waals surface area contributed by atoms with Crippen LogP contribution in [0.2, 0.25) is 5.02 Å². The number of nitrogens with zero attached hydrogens (tertiary/aromatic N) is 6. The first kappa shape index (κ1) is 24.3. The van der Waals surface area contributed by atoms with Gasteiger partial charge in [-0.1, -0.05) is 23.7 Å². The summed E-state index contributed by atoms with van der Waals surface area (Å²) in [6.45, 7) is 5.27. The summed E-state index contributed by atoms with van der Waals surface area (Å²) in [7, 11) is 0. The Bertz CT molecular complexity index is 1110. The predicted molar refractivity (Wildman–Crippen MR) is 142 cm³/mol. The molecule has 36 heavy (non-hydrogen) atoms. The summed E-state index contributed by atoms with van der Waals surface area (Å²) >= 11 is 5.94. The van der Waals surface area contributed by atoms with E-state index in [4.69, 9.17) is 26.1 Å². The monoisotopic (exact) mass is 507 g/mol. The molecule has 3 aromatic rings. The quantitative estimate of drug-likeness (QED) is 0.355. The minimum atomic E-state index is 0.436. The molecule has 2 aromatic carbocycles. The minimum Gasteiger partial charge on any atom is -0.489 e. The summed E-state index contributed by atoms with van der Waals surface area (Å²) in [5, 5.41) is 5.09. The van der Waals surface area contributed by atoms with Crippen LogP contribution in [-0.4, -0.2) is 60.6 Å². The molecule has 188 valence electrons. The van der Waals surface area contributed by atoms with Crippen LogP contribution in [0.25, 0.3) is 0 Å². The fourth-order valence-corrected chi connectivity index (χ4v) is 4.23. The van der Waals surface area contributed by atoms with Crippen molar-refractivity contribution in [2.75, 3.05) is 54.6 Å². The zero-order valence-electron chi connectivity index (χ0n) is 20.1. The van der Waals surface area contributed by atoms with Crippen molar-refractivity contribution >= 4 is 35.7 Å². The van der Waals surface area contributed by atoms with Crippen molar-refractivity contribution in [2.24, 2.45) is 5.10 Å². The molecule has 0 spiro atoms. The molecule has 0 unspecified atom stereocenters. The number of hydrazone groups is 1. The standard InChI is InChI=1S/C26H30ClN7O2/c27-22-8-4-21(5-9-22)19-36-23-10-6-20(7-11-23)18-28-32-24-29-25(33-12-2-1-3-13-33)31-26(30-24)34-14-16-35-17-15-34/h4-11,18H,1-3,12-17,19H2,(H,29,30,31,32). The number of hydrogen-bond acceptors (Lipinski definition) is 9. The second-order valence-electron chi connectivity index (χ2n) is 8.76. The summed E-state index contributed by atoms with van der Waals surface area (Å²) in [4.78, 5) is 18.4. The van der Waals surface area contributed by atoms with E-state index in [1.165, 1.54) is 6.42 Å². The zero-order chi connectivity index (χ0) is 24.6. The zero-order valence-corrected chi connectivity index (χ0v) is 20.9. The van der Waals surface area contributed by atoms with Gasteiger partial charge in [0.2, 0.25) is 17.8 Å². The highest BCUT2D eigenvalue weighted by Crippen LogP contribution is 2.21. The van der Waals surface area contributed by atoms with E-state index in [1.54, 1.807) is 6.21 Å². The van der Waals surface area contributed by atoms with Crippen molar-refractivity contribution in [3.8, 4) is 5.75 Å². The Hall–Kier alpha value is -3.43. The number of benzene rings is 2. The number of nitrogens with one attached hydrogen (secondary N) is 1. The Kier molecular flexibility index (Phi) is 8.10. The molecule has 2 saturated heterocycles. The fraction of sp³-hybridized carbons (Fsp3) is 0.385. The maximum Gasteiger partial charge on any atom is 0.250 e. The number of hydrogen-bond donors (Lipinski definition) is 1. The van der Waals surface area contributed by atoms with Crippen LogP contribution in [0.15, 0.2) is 53.6 Å². The van der Waals surface area contributed by atoms with Crippen LogP contribution in [0.1, 0.15) is 30.4 Å². The molecule has 0 bridgehead atoms. The van der Waals surface area contributed by atoms with Crippen LogP contribution in [0.4, 0.5) is 17.8 Å². The third kappa shape index (κ3) is 6.61. The van der Waals surface area contributed by atoms with Crippen molar-refractivity contribution in [2.45, 2.75) is 25.9 Å². The van der Waals surface area contributed by atoms with Gasteiger partial charge in [0.05, 0.1) is 19.4 Å². The maximum absolute atomic E-state index is 5.94. The van der Waals surface area contributed by atoms with Crippen LogP contribution < -0.4 is 20.0 Å². The predicted octanol–water partition coefficient (Wildman–Crippen LogP) is 4.38. The van der Waals surface area contributed by atoms with Gasteiger partial charge >= 0.3 is 0 Å². The largest absolute Gasteiger partial charge is 0.489 e. The first-order valence-corrected chi connectivity index (χ1v) is 12.7. The molecule has 0 radical (unpaired) electrons. The number of piperidine rings is 1. The van der Waals surface area contributed by atoms with Gasteiger partial charge in [0, 0.05) is 31.2 Å². The van der Waals surface area contributed by atoms with Crippen LogP contribution >= 0.6 is 11.6 Å². The first-order chi connectivity index (χ1) is 17.7. The van der Waals surface area contributed by atoms with Gasteiger partial charge in [0.15, 0.2) is 0 Å². The van der Waals surface area contributed by atoms with Gasteiger partial charge in [0.25, 0.3) is 0 Å². The summed E-state index contributed by atoms with van der Waals surface area (Å²) in [6.07, 6.45) is 5.29. The summed E-state index contributed by atoms with van der Waals surface area (Å²) in [5.74, 6) is 2.58. The van der Waals surface area contributed by atoms with Gasteiger partial charge in [-0.25, -0.2) is 5.43 Å². The average molecular weight is 508 g/mol. The lowest BCUT2D eigenvalue weighted by Gasteiger charge is -2.30. The van der Waals surface area contributed by atoms with Gasteiger partial charge in [0.1, 0.15) is 12.4 Å². The van der Waals surface area contributed by atoms with E-state index in [2.05, 4.69) is 30.3 Å². The number of aromatic nitrogens is 3. The molecule has 3 heterocycles. The molecule has 2 aliphatic rings. The van der Waals surface area contributed by atoms with E-state index >= 15 is 0 Å². The Morgan fingerprint density at radius 1 is 0.861 bits per heavy atom. The second kappa shape index (κ2) is 12.0. The van der Waals surface area contributed by atoms with Crippen molar-refractivity contribution in [3.63, 3.8) is 0 Å². The molecule has 0 amide bonds. The molecule has 2 aliphatic heterocycles. The number of morpholine rings is 1. The Balaban J connectivity index is 1.23. The normalized spacial score (nSPS) is 16.4. The highest BCUT2D eigenvalue weighted by atomic mass is 35.5. The molecule has 0 atom stereocenters. The first-order valence-electron chi connectivity index (χ1n) is 12.3. The van der Waals surface area contributed by atoms with E-state index in [-0.39, 0.29) is 0 Å². The Morgan fingerprint density at radius 3 is 2.22 bits per heavy atom. The van der Waals surface area contributed by atoms with Crippen molar-refractivity contribution in [1.82, 2.24) is 15.0 Å². The van der Waals surface area contributed by atoms with Crippen molar-refractivity contribution < 1.29 is 9.47 Å². The van der Waals surface area contributed by atoms with E-state index in [1.807, 2.05) is 48.5 Å². The molecule has 1 N–H and O–H groups in total. The van der Waals surface area contributed by atoms with Crippen LogP contribution in [0, 0.1) is 0 Å². The van der Waals surface area contributed by atoms with Crippen LogP contribution in [0.5, 0.6) is 5.75 Å². The average Bonchev–Trinajstić information content (AvgIpc) is 2.94. The highest BCUT2D eigenvalue weighted by Gasteiger charge is 2.20. The Labute approximate surface area is 216 Å². The molecular weight excluding hydrogens is 478 g/mol. The summed E-state index contributed by atoms with van der Waals surface area (Å²) < 4.78 is 11.3. The molecule has 9 nitrogen and oxygen atoms in total. The second-order valence-corrected chi connectivity index (χ2v) is 9.20. The summed E-state index contributed by atoms with van der Waals surface area (Å²) in [6, 6.07) is 15.4. The molecule has 0 aliphatic carbocycles. The van der Waals surface area contributed by atoms with Gasteiger partial charge in [-0.15, -0.1) is 0 Å². The topological polar surface area (TPSA) is 88.0 Å². The van der Waals surface area contributed by atoms with Gasteiger partial charge in [-0.2, -0.15) is 20.1 Å². The van der Waals surface area contributed by atoms with E-state index in [0.717, 1.165) is 55.9 Å². The lowest BCUT2D eigenvalue weighted by Crippen LogP contribution is -2.38. The molecule has 10 heteroatoms. The minimum absolute atomic E-state index is 0.436. The third-order valence-corrected chi connectivity index (χ3v) is 6.37. The Morgan fingerprint density at radius 2 is 1.53 bits per heavy atom. The van der Waals surface area contributed by atoms with Gasteiger partial charge in [-0.05, 0) is 66.8 Å². The van der Waals surface area contributed by atoms with Crippen molar-refractivity contribution in [1.29, 1.82) is 0 Å². The van der Waals surface area contributed by atoms with E-state index in [0.29, 0.717) is 42.7 Å². The van der Waals surface area contributed by atoms with Crippen molar-refractivity contribution in [3.05, 3.63) is 64.7 Å². The van der Waals surface area contributed by atoms with Crippen LogP contribution in [0.3, 0.4) is 0 Å². The lowest BCUT2D eigenvalue weighted by atomic mass is 10.1. The van der Waals surface area contributed by atoms with E-state index < -0.39 is 0 Å². The number of ether oxygens (including phenoxy) is 2. The van der Waals surface area contributed by atoms with Crippen LogP contribution in [-0.2, 0) is 11.3 Å². The third-order valence-electron chi connectivity index (χ3n) is 6.12. The molecule has 1 aromatic heterocycles. The van der Waals surface area contributed by atoms with Gasteiger partial charge in [-0.3, -0.25) is 0 Å². The van der Waals surface area contributed by atoms with Gasteiger partial charge < -0.3 is 19.3 Å². The number of halogens is 1. The fourth-order valence-electron chi connectivity index (χ4n) is 4.11. The molecule has 2 fully saturated rings. The molecular formula is C26H30ClN7O2. The lowest BCUT2D eigenvalue weighted by molar-refractivity contribution is 0.122. The smallest absolute Gasteiger partial charge is 0.250 e. The molecule has 5 rings (SSSR count). The molecule has 0 saturated carbocycles. The van der Waals surface area contributed by atoms with E-state index in [9.17, 15) is 0 Å². The maximum atomic E-state index is 5.94.